The van der Waals surface area contributed by atoms with Crippen LogP contribution in [0.25, 0.3) is 0 Å². The summed E-state index contributed by atoms with van der Waals surface area (Å²) in [4.78, 5) is 2.28. The Morgan fingerprint density at radius 1 is 1.08 bits per heavy atom. The van der Waals surface area contributed by atoms with E-state index < -0.39 is 6.10 Å². The number of halogens is 2. The van der Waals surface area contributed by atoms with Crippen molar-refractivity contribution in [2.24, 2.45) is 0 Å². The molecule has 0 spiro atoms. The first-order chi connectivity index (χ1) is 12.6. The molecule has 0 aliphatic carbocycles. The van der Waals surface area contributed by atoms with Gasteiger partial charge in [0.1, 0.15) is 18.5 Å². The number of nitrogens with zero attached hydrogens (tertiary/aromatic N) is 1. The zero-order valence-electron chi connectivity index (χ0n) is 14.6. The Balaban J connectivity index is 1.37. The van der Waals surface area contributed by atoms with Crippen LogP contribution in [-0.2, 0) is 0 Å². The van der Waals surface area contributed by atoms with Crippen molar-refractivity contribution in [3.8, 4) is 5.75 Å². The van der Waals surface area contributed by atoms with Crippen LogP contribution in [0.15, 0.2) is 48.5 Å². The standard InChI is InChI=1S/C20H24Cl2N2O2/c21-19-7-6-18(12-20(19)22)26-14-17(25)13-24-10-8-16(9-11-24)23-15-4-2-1-3-5-15/h1-7,12,16-17,23,25H,8-11,13-14H2/t17-/m1/s1. The van der Waals surface area contributed by atoms with Crippen molar-refractivity contribution in [1.82, 2.24) is 4.90 Å². The van der Waals surface area contributed by atoms with E-state index in [4.69, 9.17) is 27.9 Å². The summed E-state index contributed by atoms with van der Waals surface area (Å²) >= 11 is 11.9. The van der Waals surface area contributed by atoms with Crippen molar-refractivity contribution in [1.29, 1.82) is 0 Å². The Morgan fingerprint density at radius 2 is 1.81 bits per heavy atom. The van der Waals surface area contributed by atoms with Gasteiger partial charge in [0.25, 0.3) is 0 Å². The van der Waals surface area contributed by atoms with Crippen LogP contribution >= 0.6 is 23.2 Å². The fraction of sp³-hybridized carbons (Fsp3) is 0.400. The van der Waals surface area contributed by atoms with Crippen LogP contribution < -0.4 is 10.1 Å². The molecule has 0 radical (unpaired) electrons. The molecule has 0 unspecified atom stereocenters. The first-order valence-corrected chi connectivity index (χ1v) is 9.65. The highest BCUT2D eigenvalue weighted by Crippen LogP contribution is 2.26. The summed E-state index contributed by atoms with van der Waals surface area (Å²) in [6.07, 6.45) is 1.59. The molecule has 2 aromatic carbocycles. The second-order valence-corrected chi connectivity index (χ2v) is 7.44. The van der Waals surface area contributed by atoms with Crippen LogP contribution in [0.4, 0.5) is 5.69 Å². The molecule has 26 heavy (non-hydrogen) atoms. The van der Waals surface area contributed by atoms with E-state index in [-0.39, 0.29) is 6.61 Å². The van der Waals surface area contributed by atoms with Gasteiger partial charge in [-0.15, -0.1) is 0 Å². The lowest BCUT2D eigenvalue weighted by atomic mass is 10.0. The summed E-state index contributed by atoms with van der Waals surface area (Å²) in [7, 11) is 0. The largest absolute Gasteiger partial charge is 0.491 e. The monoisotopic (exact) mass is 394 g/mol. The molecular weight excluding hydrogens is 371 g/mol. The Hall–Kier alpha value is -1.46. The minimum atomic E-state index is -0.539. The van der Waals surface area contributed by atoms with Crippen LogP contribution in [0.3, 0.4) is 0 Å². The summed E-state index contributed by atoms with van der Waals surface area (Å²) in [5.74, 6) is 0.615. The van der Waals surface area contributed by atoms with Crippen molar-refractivity contribution in [2.75, 3.05) is 31.6 Å². The smallest absolute Gasteiger partial charge is 0.121 e. The number of rotatable bonds is 7. The number of likely N-dealkylation sites (tertiary alicyclic amines) is 1. The van der Waals surface area contributed by atoms with E-state index in [1.165, 1.54) is 5.69 Å². The molecule has 1 aliphatic rings. The van der Waals surface area contributed by atoms with Crippen molar-refractivity contribution in [3.63, 3.8) is 0 Å². The lowest BCUT2D eigenvalue weighted by molar-refractivity contribution is 0.0605. The van der Waals surface area contributed by atoms with E-state index >= 15 is 0 Å². The number of β-amino-alcohol motifs (C(OH)–C–C–N with tert-alkyl or cyclic N) is 1. The molecule has 0 saturated carbocycles. The molecular formula is C20H24Cl2N2O2. The van der Waals surface area contributed by atoms with Gasteiger partial charge in [-0.3, -0.25) is 0 Å². The number of para-hydroxylation sites is 1. The maximum absolute atomic E-state index is 10.2. The van der Waals surface area contributed by atoms with Gasteiger partial charge in [0, 0.05) is 37.4 Å². The summed E-state index contributed by atoms with van der Waals surface area (Å²) < 4.78 is 5.61. The fourth-order valence-corrected chi connectivity index (χ4v) is 3.43. The molecule has 0 amide bonds. The van der Waals surface area contributed by atoms with E-state index in [1.54, 1.807) is 18.2 Å². The van der Waals surface area contributed by atoms with Gasteiger partial charge in [0.05, 0.1) is 10.0 Å². The van der Waals surface area contributed by atoms with Crippen LogP contribution in [0, 0.1) is 0 Å². The van der Waals surface area contributed by atoms with Gasteiger partial charge in [-0.2, -0.15) is 0 Å². The van der Waals surface area contributed by atoms with E-state index in [0.29, 0.717) is 28.4 Å². The first kappa shape index (κ1) is 19.3. The van der Waals surface area contributed by atoms with Crippen molar-refractivity contribution >= 4 is 28.9 Å². The van der Waals surface area contributed by atoms with Crippen LogP contribution in [-0.4, -0.2) is 48.4 Å². The highest BCUT2D eigenvalue weighted by molar-refractivity contribution is 6.42. The molecule has 1 saturated heterocycles. The Labute approximate surface area is 164 Å². The molecule has 6 heteroatoms. The maximum atomic E-state index is 10.2. The van der Waals surface area contributed by atoms with E-state index in [0.717, 1.165) is 25.9 Å². The van der Waals surface area contributed by atoms with E-state index in [9.17, 15) is 5.11 Å². The molecule has 140 valence electrons. The Morgan fingerprint density at radius 3 is 2.50 bits per heavy atom. The number of hydrogen-bond donors (Lipinski definition) is 2. The average Bonchev–Trinajstić information content (AvgIpc) is 2.65. The summed E-state index contributed by atoms with van der Waals surface area (Å²) in [5.41, 5.74) is 1.17. The maximum Gasteiger partial charge on any atom is 0.121 e. The number of aliphatic hydroxyl groups is 1. The van der Waals surface area contributed by atoms with Crippen molar-refractivity contribution in [2.45, 2.75) is 25.0 Å². The minimum Gasteiger partial charge on any atom is -0.491 e. The zero-order valence-corrected chi connectivity index (χ0v) is 16.1. The van der Waals surface area contributed by atoms with Gasteiger partial charge >= 0.3 is 0 Å². The van der Waals surface area contributed by atoms with Gasteiger partial charge in [-0.25, -0.2) is 0 Å². The molecule has 4 nitrogen and oxygen atoms in total. The number of hydrogen-bond acceptors (Lipinski definition) is 4. The average molecular weight is 395 g/mol. The van der Waals surface area contributed by atoms with Gasteiger partial charge < -0.3 is 20.1 Å². The summed E-state index contributed by atoms with van der Waals surface area (Å²) in [6, 6.07) is 15.9. The number of anilines is 1. The minimum absolute atomic E-state index is 0.236. The molecule has 2 aromatic rings. The number of piperidine rings is 1. The SMILES string of the molecule is O[C@@H](COc1ccc(Cl)c(Cl)c1)CN1CCC(Nc2ccccc2)CC1. The van der Waals surface area contributed by atoms with Crippen molar-refractivity contribution < 1.29 is 9.84 Å². The molecule has 1 heterocycles. The second kappa shape index (κ2) is 9.47. The summed E-state index contributed by atoms with van der Waals surface area (Å²) in [5, 5.41) is 14.8. The zero-order chi connectivity index (χ0) is 18.4. The molecule has 0 bridgehead atoms. The highest BCUT2D eigenvalue weighted by atomic mass is 35.5. The van der Waals surface area contributed by atoms with Crippen LogP contribution in [0.5, 0.6) is 5.75 Å². The van der Waals surface area contributed by atoms with Gasteiger partial charge in [0.15, 0.2) is 0 Å². The number of benzene rings is 2. The molecule has 1 atom stereocenters. The third-order valence-electron chi connectivity index (χ3n) is 4.53. The fourth-order valence-electron chi connectivity index (χ4n) is 3.14. The molecule has 2 N–H and O–H groups in total. The first-order valence-electron chi connectivity index (χ1n) is 8.90. The van der Waals surface area contributed by atoms with Gasteiger partial charge in [0.2, 0.25) is 0 Å². The summed E-state index contributed by atoms with van der Waals surface area (Å²) in [6.45, 7) is 2.78. The van der Waals surface area contributed by atoms with Crippen LogP contribution in [0.1, 0.15) is 12.8 Å². The normalized spacial score (nSPS) is 17.0. The lowest BCUT2D eigenvalue weighted by Crippen LogP contribution is -2.43. The van der Waals surface area contributed by atoms with Gasteiger partial charge in [-0.05, 0) is 37.1 Å². The lowest BCUT2D eigenvalue weighted by Gasteiger charge is -2.33. The predicted molar refractivity (Wildman–Crippen MR) is 107 cm³/mol. The topological polar surface area (TPSA) is 44.7 Å². The van der Waals surface area contributed by atoms with Crippen LogP contribution in [0.2, 0.25) is 10.0 Å². The molecule has 0 aromatic heterocycles. The number of aliphatic hydroxyl groups excluding tert-OH is 1. The second-order valence-electron chi connectivity index (χ2n) is 6.63. The van der Waals surface area contributed by atoms with E-state index in [1.807, 2.05) is 18.2 Å². The highest BCUT2D eigenvalue weighted by Gasteiger charge is 2.21. The predicted octanol–water partition coefficient (Wildman–Crippen LogP) is 4.31. The third-order valence-corrected chi connectivity index (χ3v) is 5.27. The Kier molecular flexibility index (Phi) is 7.03. The van der Waals surface area contributed by atoms with E-state index in [2.05, 4.69) is 22.3 Å². The number of ether oxygens (including phenoxy) is 1. The number of nitrogens with one attached hydrogen (secondary N) is 1. The van der Waals surface area contributed by atoms with Gasteiger partial charge in [-0.1, -0.05) is 41.4 Å². The van der Waals surface area contributed by atoms with Crippen molar-refractivity contribution in [3.05, 3.63) is 58.6 Å². The molecule has 3 rings (SSSR count). The third kappa shape index (κ3) is 5.78. The Bertz CT molecular complexity index is 691. The molecule has 1 aliphatic heterocycles. The quantitative estimate of drug-likeness (QED) is 0.734. The molecule has 1 fully saturated rings.